The molecule has 0 aliphatic rings. The molecule has 1 aromatic heterocycles. The molecule has 0 saturated carbocycles. The molecule has 2 rings (SSSR count). The number of aliphatic carboxylic acids is 1. The molecule has 2 N–H and O–H groups in total. The molecule has 0 atom stereocenters. The number of ether oxygens (including phenoxy) is 1. The Labute approximate surface area is 120 Å². The summed E-state index contributed by atoms with van der Waals surface area (Å²) in [5.74, 6) is -1.56. The molecular weight excluding hydrogens is 274 g/mol. The monoisotopic (exact) mass is 287 g/mol. The molecule has 0 aliphatic carbocycles. The summed E-state index contributed by atoms with van der Waals surface area (Å²) in [4.78, 5) is 22.2. The van der Waals surface area contributed by atoms with E-state index in [4.69, 9.17) is 9.84 Å². The number of carbonyl (C=O) groups excluding carboxylic acids is 1. The Morgan fingerprint density at radius 1 is 1.29 bits per heavy atom. The van der Waals surface area contributed by atoms with Crippen LogP contribution in [0.1, 0.15) is 23.0 Å². The fourth-order valence-electron chi connectivity index (χ4n) is 1.69. The molecule has 0 saturated heterocycles. The van der Waals surface area contributed by atoms with Crippen LogP contribution in [0.3, 0.4) is 0 Å². The topological polar surface area (TPSA) is 105 Å². The number of nitrogens with zero attached hydrogens (tertiary/aromatic N) is 2. The summed E-state index contributed by atoms with van der Waals surface area (Å²) in [6, 6.07) is 6.89. The van der Waals surface area contributed by atoms with Crippen LogP contribution in [0.15, 0.2) is 30.3 Å². The van der Waals surface area contributed by atoms with Gasteiger partial charge in [-0.25, -0.2) is 9.59 Å². The number of benzene rings is 1. The quantitative estimate of drug-likeness (QED) is 0.641. The van der Waals surface area contributed by atoms with Crippen molar-refractivity contribution < 1.29 is 19.4 Å². The van der Waals surface area contributed by atoms with Crippen molar-refractivity contribution in [3.63, 3.8) is 0 Å². The van der Waals surface area contributed by atoms with Gasteiger partial charge in [0, 0.05) is 11.6 Å². The van der Waals surface area contributed by atoms with E-state index >= 15 is 0 Å². The molecule has 108 valence electrons. The van der Waals surface area contributed by atoms with E-state index in [1.807, 2.05) is 0 Å². The second kappa shape index (κ2) is 6.47. The molecule has 0 fully saturated rings. The van der Waals surface area contributed by atoms with Crippen molar-refractivity contribution >= 4 is 18.0 Å². The average molecular weight is 287 g/mol. The van der Waals surface area contributed by atoms with E-state index in [0.717, 1.165) is 11.6 Å². The number of H-pyrrole nitrogens is 1. The maximum Gasteiger partial charge on any atom is 0.361 e. The molecule has 0 bridgehead atoms. The van der Waals surface area contributed by atoms with Crippen LogP contribution < -0.4 is 0 Å². The van der Waals surface area contributed by atoms with Gasteiger partial charge in [-0.05, 0) is 18.6 Å². The SMILES string of the molecule is CCOC(=O)c1n[nH]nc1-c1ccc(C=CC(=O)O)cc1. The van der Waals surface area contributed by atoms with Gasteiger partial charge in [0.05, 0.1) is 6.61 Å². The number of hydrogen-bond donors (Lipinski definition) is 2. The Bertz CT molecular complexity index is 674. The lowest BCUT2D eigenvalue weighted by Crippen LogP contribution is -2.06. The summed E-state index contributed by atoms with van der Waals surface area (Å²) < 4.78 is 4.90. The highest BCUT2D eigenvalue weighted by atomic mass is 16.5. The van der Waals surface area contributed by atoms with Crippen molar-refractivity contribution in [1.82, 2.24) is 15.4 Å². The van der Waals surface area contributed by atoms with Crippen LogP contribution in [-0.4, -0.2) is 39.1 Å². The minimum absolute atomic E-state index is 0.116. The van der Waals surface area contributed by atoms with Crippen LogP contribution in [0.4, 0.5) is 0 Å². The molecule has 7 nitrogen and oxygen atoms in total. The number of aromatic amines is 1. The molecule has 0 aliphatic heterocycles. The number of nitrogens with one attached hydrogen (secondary N) is 1. The number of carboxylic acid groups (broad SMARTS) is 1. The second-order valence-corrected chi connectivity index (χ2v) is 4.03. The first-order valence-electron chi connectivity index (χ1n) is 6.21. The zero-order valence-electron chi connectivity index (χ0n) is 11.2. The Kier molecular flexibility index (Phi) is 4.45. The number of esters is 1. The summed E-state index contributed by atoms with van der Waals surface area (Å²) in [6.07, 6.45) is 2.52. The standard InChI is InChI=1S/C14H13N3O4/c1-2-21-14(20)13-12(15-17-16-13)10-6-3-9(4-7-10)5-8-11(18)19/h3-8H,2H2,1H3,(H,18,19)(H,15,16,17). The minimum Gasteiger partial charge on any atom is -0.478 e. The van der Waals surface area contributed by atoms with E-state index < -0.39 is 11.9 Å². The van der Waals surface area contributed by atoms with Gasteiger partial charge < -0.3 is 9.84 Å². The fourth-order valence-corrected chi connectivity index (χ4v) is 1.69. The van der Waals surface area contributed by atoms with E-state index in [-0.39, 0.29) is 12.3 Å². The molecule has 0 radical (unpaired) electrons. The number of aromatic nitrogens is 3. The molecule has 2 aromatic rings. The number of carbonyl (C=O) groups is 2. The average Bonchev–Trinajstić information content (AvgIpc) is 2.95. The summed E-state index contributed by atoms with van der Waals surface area (Å²) >= 11 is 0. The van der Waals surface area contributed by atoms with Gasteiger partial charge in [-0.15, -0.1) is 5.10 Å². The Morgan fingerprint density at radius 3 is 2.62 bits per heavy atom. The van der Waals surface area contributed by atoms with E-state index in [1.165, 1.54) is 6.08 Å². The summed E-state index contributed by atoms with van der Waals surface area (Å²) in [6.45, 7) is 1.96. The van der Waals surface area contributed by atoms with Crippen LogP contribution in [0.2, 0.25) is 0 Å². The summed E-state index contributed by atoms with van der Waals surface area (Å²) in [7, 11) is 0. The van der Waals surface area contributed by atoms with Crippen molar-refractivity contribution in [3.05, 3.63) is 41.6 Å². The van der Waals surface area contributed by atoms with Crippen LogP contribution in [0, 0.1) is 0 Å². The molecule has 0 unspecified atom stereocenters. The van der Waals surface area contributed by atoms with Crippen molar-refractivity contribution in [2.75, 3.05) is 6.61 Å². The van der Waals surface area contributed by atoms with Crippen molar-refractivity contribution in [2.45, 2.75) is 6.92 Å². The van der Waals surface area contributed by atoms with Gasteiger partial charge in [0.25, 0.3) is 0 Å². The Morgan fingerprint density at radius 2 is 2.00 bits per heavy atom. The third-order valence-electron chi connectivity index (χ3n) is 2.62. The van der Waals surface area contributed by atoms with Crippen LogP contribution in [-0.2, 0) is 9.53 Å². The minimum atomic E-state index is -1.01. The predicted molar refractivity (Wildman–Crippen MR) is 74.4 cm³/mol. The predicted octanol–water partition coefficient (Wildman–Crippen LogP) is 1.75. The molecule has 1 heterocycles. The van der Waals surface area contributed by atoms with E-state index in [2.05, 4.69) is 15.4 Å². The van der Waals surface area contributed by atoms with Crippen molar-refractivity contribution in [3.8, 4) is 11.3 Å². The van der Waals surface area contributed by atoms with Crippen LogP contribution in [0.25, 0.3) is 17.3 Å². The third-order valence-corrected chi connectivity index (χ3v) is 2.62. The van der Waals surface area contributed by atoms with Gasteiger partial charge in [-0.2, -0.15) is 10.3 Å². The lowest BCUT2D eigenvalue weighted by Gasteiger charge is -2.01. The van der Waals surface area contributed by atoms with Crippen LogP contribution in [0.5, 0.6) is 0 Å². The van der Waals surface area contributed by atoms with Crippen molar-refractivity contribution in [1.29, 1.82) is 0 Å². The number of hydrogen-bond acceptors (Lipinski definition) is 5. The molecular formula is C14H13N3O4. The molecule has 1 aromatic carbocycles. The highest BCUT2D eigenvalue weighted by molar-refractivity contribution is 5.94. The Balaban J connectivity index is 2.25. The first kappa shape index (κ1) is 14.4. The normalized spacial score (nSPS) is 10.7. The maximum atomic E-state index is 11.7. The van der Waals surface area contributed by atoms with E-state index in [0.29, 0.717) is 11.3 Å². The first-order chi connectivity index (χ1) is 10.1. The van der Waals surface area contributed by atoms with Gasteiger partial charge in [0.1, 0.15) is 5.69 Å². The van der Waals surface area contributed by atoms with Gasteiger partial charge >= 0.3 is 11.9 Å². The lowest BCUT2D eigenvalue weighted by molar-refractivity contribution is -0.131. The highest BCUT2D eigenvalue weighted by Crippen LogP contribution is 2.21. The van der Waals surface area contributed by atoms with E-state index in [9.17, 15) is 9.59 Å². The first-order valence-corrected chi connectivity index (χ1v) is 6.21. The molecule has 7 heteroatoms. The van der Waals surface area contributed by atoms with Gasteiger partial charge in [0.15, 0.2) is 5.69 Å². The van der Waals surface area contributed by atoms with Gasteiger partial charge in [-0.3, -0.25) is 0 Å². The third kappa shape index (κ3) is 3.53. The second-order valence-electron chi connectivity index (χ2n) is 4.03. The maximum absolute atomic E-state index is 11.7. The fraction of sp³-hybridized carbons (Fsp3) is 0.143. The largest absolute Gasteiger partial charge is 0.478 e. The smallest absolute Gasteiger partial charge is 0.361 e. The van der Waals surface area contributed by atoms with Crippen molar-refractivity contribution in [2.24, 2.45) is 0 Å². The summed E-state index contributed by atoms with van der Waals surface area (Å²) in [5.41, 5.74) is 1.91. The lowest BCUT2D eigenvalue weighted by atomic mass is 10.1. The summed E-state index contributed by atoms with van der Waals surface area (Å²) in [5, 5.41) is 18.7. The highest BCUT2D eigenvalue weighted by Gasteiger charge is 2.18. The number of carboxylic acids is 1. The molecule has 0 spiro atoms. The van der Waals surface area contributed by atoms with Gasteiger partial charge in [0.2, 0.25) is 0 Å². The van der Waals surface area contributed by atoms with Crippen LogP contribution >= 0.6 is 0 Å². The van der Waals surface area contributed by atoms with Gasteiger partial charge in [-0.1, -0.05) is 24.3 Å². The zero-order chi connectivity index (χ0) is 15.2. The number of rotatable bonds is 5. The molecule has 21 heavy (non-hydrogen) atoms. The Hall–Kier alpha value is -2.96. The molecule has 0 amide bonds. The van der Waals surface area contributed by atoms with E-state index in [1.54, 1.807) is 31.2 Å². The zero-order valence-corrected chi connectivity index (χ0v) is 11.2.